The van der Waals surface area contributed by atoms with Gasteiger partial charge in [0.25, 0.3) is 0 Å². The third-order valence-electron chi connectivity index (χ3n) is 3.01. The molecular formula is C16H14FN5O2. The van der Waals surface area contributed by atoms with Crippen molar-refractivity contribution in [3.8, 4) is 11.5 Å². The summed E-state index contributed by atoms with van der Waals surface area (Å²) in [5.41, 5.74) is 1.00. The van der Waals surface area contributed by atoms with E-state index < -0.39 is 12.0 Å². The van der Waals surface area contributed by atoms with Gasteiger partial charge in [-0.25, -0.2) is 19.3 Å². The van der Waals surface area contributed by atoms with Crippen molar-refractivity contribution in [2.45, 2.75) is 13.2 Å². The van der Waals surface area contributed by atoms with Crippen molar-refractivity contribution in [1.29, 1.82) is 0 Å². The van der Waals surface area contributed by atoms with E-state index in [1.165, 1.54) is 30.9 Å². The first-order valence-electron chi connectivity index (χ1n) is 7.08. The van der Waals surface area contributed by atoms with E-state index in [0.29, 0.717) is 28.7 Å². The van der Waals surface area contributed by atoms with Crippen LogP contribution >= 0.6 is 0 Å². The number of aryl methyl sites for hydroxylation is 1. The Bertz CT molecular complexity index is 814. The van der Waals surface area contributed by atoms with Crippen LogP contribution in [0.4, 0.5) is 10.2 Å². The number of halogens is 1. The molecule has 1 unspecified atom stereocenters. The molecule has 0 bridgehead atoms. The zero-order valence-corrected chi connectivity index (χ0v) is 12.7. The normalized spacial score (nSPS) is 11.8. The number of rotatable bonds is 5. The van der Waals surface area contributed by atoms with Gasteiger partial charge in [0.1, 0.15) is 23.7 Å². The van der Waals surface area contributed by atoms with Crippen LogP contribution < -0.4 is 10.1 Å². The lowest BCUT2D eigenvalue weighted by Gasteiger charge is -2.15. The zero-order valence-electron chi connectivity index (χ0n) is 12.7. The number of nitrogens with zero attached hydrogens (tertiary/aromatic N) is 4. The summed E-state index contributed by atoms with van der Waals surface area (Å²) < 4.78 is 18.5. The third kappa shape index (κ3) is 3.99. The van der Waals surface area contributed by atoms with Crippen LogP contribution in [0.25, 0.3) is 0 Å². The Balaban J connectivity index is 1.78. The van der Waals surface area contributed by atoms with Gasteiger partial charge in [0.15, 0.2) is 12.0 Å². The molecule has 3 heterocycles. The van der Waals surface area contributed by atoms with Crippen molar-refractivity contribution in [2.24, 2.45) is 0 Å². The Morgan fingerprint density at radius 1 is 1.12 bits per heavy atom. The number of hydrogen-bond donors (Lipinski definition) is 2. The van der Waals surface area contributed by atoms with E-state index in [-0.39, 0.29) is 0 Å². The Hall–Kier alpha value is -3.13. The molecule has 1 atom stereocenters. The second kappa shape index (κ2) is 6.97. The molecule has 8 heteroatoms. The van der Waals surface area contributed by atoms with Crippen LogP contribution in [0.1, 0.15) is 17.6 Å². The quantitative estimate of drug-likeness (QED) is 0.696. The number of nitrogens with one attached hydrogen (secondary N) is 1. The van der Waals surface area contributed by atoms with Gasteiger partial charge in [0, 0.05) is 17.8 Å². The summed E-state index contributed by atoms with van der Waals surface area (Å²) >= 11 is 0. The smallest absolute Gasteiger partial charge is 0.169 e. The molecule has 3 aromatic heterocycles. The molecule has 3 rings (SSSR count). The molecule has 0 aromatic carbocycles. The monoisotopic (exact) mass is 327 g/mol. The van der Waals surface area contributed by atoms with Gasteiger partial charge in [-0.15, -0.1) is 0 Å². The van der Waals surface area contributed by atoms with E-state index in [1.54, 1.807) is 19.1 Å². The van der Waals surface area contributed by atoms with Gasteiger partial charge in [-0.3, -0.25) is 4.98 Å². The summed E-state index contributed by atoms with van der Waals surface area (Å²) in [5.74, 6) is 0.826. The van der Waals surface area contributed by atoms with Crippen LogP contribution in [-0.2, 0) is 0 Å². The van der Waals surface area contributed by atoms with Crippen LogP contribution in [-0.4, -0.2) is 25.0 Å². The third-order valence-corrected chi connectivity index (χ3v) is 3.01. The summed E-state index contributed by atoms with van der Waals surface area (Å²) in [5, 5.41) is 13.0. The predicted molar refractivity (Wildman–Crippen MR) is 83.9 cm³/mol. The van der Waals surface area contributed by atoms with Crippen molar-refractivity contribution in [1.82, 2.24) is 19.9 Å². The molecule has 2 N–H and O–H groups in total. The van der Waals surface area contributed by atoms with E-state index >= 15 is 0 Å². The fourth-order valence-electron chi connectivity index (χ4n) is 2.01. The largest absolute Gasteiger partial charge is 0.454 e. The molecule has 3 aromatic rings. The van der Waals surface area contributed by atoms with Crippen LogP contribution in [0.5, 0.6) is 11.5 Å². The summed E-state index contributed by atoms with van der Waals surface area (Å²) in [6.45, 7) is 1.78. The second-order valence-electron chi connectivity index (χ2n) is 4.95. The minimum absolute atomic E-state index is 0.325. The zero-order chi connectivity index (χ0) is 16.9. The average Bonchev–Trinajstić information content (AvgIpc) is 2.57. The predicted octanol–water partition coefficient (Wildman–Crippen LogP) is 2.61. The summed E-state index contributed by atoms with van der Waals surface area (Å²) in [6, 6.07) is 5.98. The van der Waals surface area contributed by atoms with Gasteiger partial charge < -0.3 is 15.2 Å². The Labute approximate surface area is 137 Å². The van der Waals surface area contributed by atoms with Crippen LogP contribution in [0, 0.1) is 12.7 Å². The van der Waals surface area contributed by atoms with Gasteiger partial charge in [-0.05, 0) is 19.1 Å². The van der Waals surface area contributed by atoms with Crippen LogP contribution in [0.15, 0.2) is 49.2 Å². The molecule has 0 fully saturated rings. The lowest BCUT2D eigenvalue weighted by molar-refractivity contribution is 0.202. The highest BCUT2D eigenvalue weighted by Crippen LogP contribution is 2.24. The van der Waals surface area contributed by atoms with Crippen LogP contribution in [0.2, 0.25) is 0 Å². The SMILES string of the molecule is Cc1cc(Oc2cncnc2)cc(C(O)Nc2ccc(F)cn2)n1. The van der Waals surface area contributed by atoms with E-state index in [2.05, 4.69) is 25.3 Å². The molecule has 0 amide bonds. The van der Waals surface area contributed by atoms with Crippen LogP contribution in [0.3, 0.4) is 0 Å². The average molecular weight is 327 g/mol. The number of ether oxygens (including phenoxy) is 1. The number of aliphatic hydroxyl groups is 1. The minimum atomic E-state index is -1.13. The number of pyridine rings is 2. The van der Waals surface area contributed by atoms with Crippen molar-refractivity contribution in [3.05, 3.63) is 66.4 Å². The highest BCUT2D eigenvalue weighted by atomic mass is 19.1. The van der Waals surface area contributed by atoms with Crippen molar-refractivity contribution < 1.29 is 14.2 Å². The number of hydrogen-bond acceptors (Lipinski definition) is 7. The maximum Gasteiger partial charge on any atom is 0.169 e. The maximum absolute atomic E-state index is 12.9. The van der Waals surface area contributed by atoms with Gasteiger partial charge >= 0.3 is 0 Å². The van der Waals surface area contributed by atoms with E-state index in [1.807, 2.05) is 0 Å². The fraction of sp³-hybridized carbons (Fsp3) is 0.125. The molecule has 0 spiro atoms. The van der Waals surface area contributed by atoms with Gasteiger partial charge in [0.2, 0.25) is 0 Å². The van der Waals surface area contributed by atoms with Gasteiger partial charge in [-0.2, -0.15) is 0 Å². The Morgan fingerprint density at radius 3 is 2.62 bits per heavy atom. The first-order valence-corrected chi connectivity index (χ1v) is 7.08. The molecule has 0 saturated carbocycles. The fourth-order valence-corrected chi connectivity index (χ4v) is 2.01. The molecule has 0 aliphatic carbocycles. The van der Waals surface area contributed by atoms with Crippen molar-refractivity contribution in [3.63, 3.8) is 0 Å². The van der Waals surface area contributed by atoms with Crippen molar-refractivity contribution >= 4 is 5.82 Å². The highest BCUT2D eigenvalue weighted by Gasteiger charge is 2.12. The Morgan fingerprint density at radius 2 is 1.92 bits per heavy atom. The number of aliphatic hydroxyl groups excluding tert-OH is 1. The summed E-state index contributed by atoms with van der Waals surface area (Å²) in [4.78, 5) is 15.8. The Kier molecular flexibility index (Phi) is 4.57. The van der Waals surface area contributed by atoms with E-state index in [0.717, 1.165) is 6.20 Å². The van der Waals surface area contributed by atoms with Crippen molar-refractivity contribution in [2.75, 3.05) is 5.32 Å². The molecule has 0 aliphatic heterocycles. The molecule has 7 nitrogen and oxygen atoms in total. The lowest BCUT2D eigenvalue weighted by atomic mass is 10.2. The first kappa shape index (κ1) is 15.8. The molecule has 0 saturated heterocycles. The number of aromatic nitrogens is 4. The first-order chi connectivity index (χ1) is 11.6. The van der Waals surface area contributed by atoms with Gasteiger partial charge in [0.05, 0.1) is 24.3 Å². The highest BCUT2D eigenvalue weighted by molar-refractivity contribution is 5.38. The summed E-state index contributed by atoms with van der Waals surface area (Å²) in [7, 11) is 0. The van der Waals surface area contributed by atoms with Gasteiger partial charge in [-0.1, -0.05) is 0 Å². The number of anilines is 1. The molecule has 0 aliphatic rings. The lowest BCUT2D eigenvalue weighted by Crippen LogP contribution is -2.13. The topological polar surface area (TPSA) is 93.1 Å². The van der Waals surface area contributed by atoms with E-state index in [9.17, 15) is 9.50 Å². The minimum Gasteiger partial charge on any atom is -0.454 e. The molecule has 122 valence electrons. The molecule has 24 heavy (non-hydrogen) atoms. The summed E-state index contributed by atoms with van der Waals surface area (Å²) in [6.07, 6.45) is 4.39. The second-order valence-corrected chi connectivity index (χ2v) is 4.95. The standard InChI is InChI=1S/C16H14FN5O2/c1-10-4-12(24-13-7-18-9-19-8-13)5-14(21-10)16(23)22-15-3-2-11(17)6-20-15/h2-9,16,23H,1H3,(H,20,22). The molecule has 0 radical (unpaired) electrons. The maximum atomic E-state index is 12.9. The molecular weight excluding hydrogens is 313 g/mol. The van der Waals surface area contributed by atoms with E-state index in [4.69, 9.17) is 4.74 Å².